The van der Waals surface area contributed by atoms with Gasteiger partial charge in [-0.05, 0) is 57.9 Å². The van der Waals surface area contributed by atoms with Crippen molar-refractivity contribution in [3.63, 3.8) is 0 Å². The van der Waals surface area contributed by atoms with Crippen LogP contribution in [0.3, 0.4) is 0 Å². The minimum Gasteiger partial charge on any atom is -0.368 e. The SMILES string of the molecule is NC(=O)[C@]12CCCN1C(=O)[C@@]1(CCCN1C(=O)[C@@H]1CCCN1)CC2. The average Bonchev–Trinajstić information content (AvgIpc) is 3.30. The molecule has 7 nitrogen and oxygen atoms in total. The van der Waals surface area contributed by atoms with Gasteiger partial charge in [-0.3, -0.25) is 14.4 Å². The Labute approximate surface area is 141 Å². The maximum atomic E-state index is 13.4. The smallest absolute Gasteiger partial charge is 0.249 e. The predicted molar refractivity (Wildman–Crippen MR) is 86.8 cm³/mol. The number of fused-ring (bicyclic) bond motifs is 1. The fraction of sp³-hybridized carbons (Fsp3) is 0.824. The topological polar surface area (TPSA) is 95.7 Å². The number of rotatable bonds is 2. The summed E-state index contributed by atoms with van der Waals surface area (Å²) < 4.78 is 0. The van der Waals surface area contributed by atoms with E-state index < -0.39 is 17.0 Å². The Hall–Kier alpha value is -1.63. The van der Waals surface area contributed by atoms with Gasteiger partial charge in [0.05, 0.1) is 6.04 Å². The zero-order valence-corrected chi connectivity index (χ0v) is 14.1. The molecule has 4 aliphatic heterocycles. The van der Waals surface area contributed by atoms with E-state index in [0.717, 1.165) is 32.2 Å². The molecule has 4 fully saturated rings. The number of likely N-dealkylation sites (tertiary alicyclic amines) is 1. The number of amides is 3. The second kappa shape index (κ2) is 5.44. The summed E-state index contributed by atoms with van der Waals surface area (Å²) in [5, 5.41) is 3.25. The first-order valence-corrected chi connectivity index (χ1v) is 9.18. The molecule has 0 aromatic heterocycles. The van der Waals surface area contributed by atoms with Gasteiger partial charge in [-0.1, -0.05) is 0 Å². The van der Waals surface area contributed by atoms with Crippen LogP contribution in [0.5, 0.6) is 0 Å². The number of primary amides is 1. The molecule has 4 rings (SSSR count). The number of carbonyl (C=O) groups excluding carboxylic acids is 3. The maximum absolute atomic E-state index is 13.4. The van der Waals surface area contributed by atoms with Gasteiger partial charge in [-0.25, -0.2) is 0 Å². The molecule has 0 radical (unpaired) electrons. The third-order valence-corrected chi connectivity index (χ3v) is 6.66. The molecule has 3 atom stereocenters. The standard InChI is InChI=1S/C17H26N4O3/c18-14(23)16-5-2-11-21(16)15(24)17(8-7-16)6-3-10-20(17)13(22)12-4-1-9-19-12/h12,19H,1-11H2,(H2,18,23)/t12-,16+,17+/m0/s1. The number of hydrogen-bond acceptors (Lipinski definition) is 4. The molecule has 0 aliphatic carbocycles. The van der Waals surface area contributed by atoms with E-state index in [0.29, 0.717) is 38.8 Å². The first-order valence-electron chi connectivity index (χ1n) is 9.18. The minimum atomic E-state index is -0.814. The van der Waals surface area contributed by atoms with Crippen LogP contribution >= 0.6 is 0 Å². The number of hydrogen-bond donors (Lipinski definition) is 2. The highest BCUT2D eigenvalue weighted by Crippen LogP contribution is 2.47. The molecule has 0 saturated carbocycles. The Morgan fingerprint density at radius 3 is 2.58 bits per heavy atom. The lowest BCUT2D eigenvalue weighted by molar-refractivity contribution is -0.165. The van der Waals surface area contributed by atoms with Crippen molar-refractivity contribution in [2.75, 3.05) is 19.6 Å². The van der Waals surface area contributed by atoms with Crippen LogP contribution in [-0.4, -0.2) is 64.3 Å². The number of nitrogens with zero attached hydrogens (tertiary/aromatic N) is 2. The predicted octanol–water partition coefficient (Wildman–Crippen LogP) is -0.260. The Balaban J connectivity index is 1.64. The summed E-state index contributed by atoms with van der Waals surface area (Å²) in [4.78, 5) is 41.9. The molecule has 4 aliphatic rings. The molecule has 1 spiro atoms. The molecule has 4 saturated heterocycles. The molecule has 3 N–H and O–H groups in total. The minimum absolute atomic E-state index is 0.0473. The van der Waals surface area contributed by atoms with Crippen molar-refractivity contribution >= 4 is 17.7 Å². The first kappa shape index (κ1) is 15.9. The number of nitrogens with one attached hydrogen (secondary N) is 1. The molecule has 0 bridgehead atoms. The zero-order valence-electron chi connectivity index (χ0n) is 14.1. The van der Waals surface area contributed by atoms with Crippen LogP contribution < -0.4 is 11.1 Å². The summed E-state index contributed by atoms with van der Waals surface area (Å²) in [5.74, 6) is -0.380. The van der Waals surface area contributed by atoms with E-state index >= 15 is 0 Å². The van der Waals surface area contributed by atoms with Gasteiger partial charge in [0, 0.05) is 13.1 Å². The average molecular weight is 334 g/mol. The third kappa shape index (κ3) is 1.96. The van der Waals surface area contributed by atoms with E-state index in [1.807, 2.05) is 4.90 Å². The van der Waals surface area contributed by atoms with Crippen molar-refractivity contribution in [1.82, 2.24) is 15.1 Å². The maximum Gasteiger partial charge on any atom is 0.249 e. The fourth-order valence-electron chi connectivity index (χ4n) is 5.35. The second-order valence-corrected chi connectivity index (χ2v) is 7.73. The first-order chi connectivity index (χ1) is 11.5. The Morgan fingerprint density at radius 2 is 1.88 bits per heavy atom. The van der Waals surface area contributed by atoms with Gasteiger partial charge in [0.2, 0.25) is 17.7 Å². The molecule has 4 heterocycles. The van der Waals surface area contributed by atoms with Gasteiger partial charge in [-0.15, -0.1) is 0 Å². The summed E-state index contributed by atoms with van der Waals surface area (Å²) in [6, 6.07) is -0.158. The summed E-state index contributed by atoms with van der Waals surface area (Å²) >= 11 is 0. The Kier molecular flexibility index (Phi) is 3.60. The fourth-order valence-corrected chi connectivity index (χ4v) is 5.35. The quantitative estimate of drug-likeness (QED) is 0.727. The molecule has 7 heteroatoms. The highest BCUT2D eigenvalue weighted by atomic mass is 16.2. The van der Waals surface area contributed by atoms with E-state index in [9.17, 15) is 14.4 Å². The molecule has 132 valence electrons. The van der Waals surface area contributed by atoms with E-state index in [1.165, 1.54) is 0 Å². The van der Waals surface area contributed by atoms with Crippen LogP contribution in [0.1, 0.15) is 51.4 Å². The monoisotopic (exact) mass is 334 g/mol. The molecule has 0 unspecified atom stereocenters. The largest absolute Gasteiger partial charge is 0.368 e. The van der Waals surface area contributed by atoms with E-state index in [2.05, 4.69) is 5.32 Å². The van der Waals surface area contributed by atoms with Crippen molar-refractivity contribution in [2.45, 2.75) is 68.5 Å². The van der Waals surface area contributed by atoms with Gasteiger partial charge in [0.15, 0.2) is 0 Å². The van der Waals surface area contributed by atoms with Crippen LogP contribution in [0.4, 0.5) is 0 Å². The summed E-state index contributed by atoms with van der Waals surface area (Å²) in [7, 11) is 0. The molecule has 0 aromatic rings. The van der Waals surface area contributed by atoms with Crippen LogP contribution in [0.2, 0.25) is 0 Å². The van der Waals surface area contributed by atoms with Crippen LogP contribution in [0.15, 0.2) is 0 Å². The normalized spacial score (nSPS) is 38.8. The van der Waals surface area contributed by atoms with Crippen molar-refractivity contribution in [3.05, 3.63) is 0 Å². The Morgan fingerprint density at radius 1 is 1.08 bits per heavy atom. The molecular weight excluding hydrogens is 308 g/mol. The van der Waals surface area contributed by atoms with Crippen molar-refractivity contribution in [1.29, 1.82) is 0 Å². The van der Waals surface area contributed by atoms with Gasteiger partial charge in [0.25, 0.3) is 0 Å². The van der Waals surface area contributed by atoms with E-state index in [-0.39, 0.29) is 17.9 Å². The highest BCUT2D eigenvalue weighted by Gasteiger charge is 2.62. The van der Waals surface area contributed by atoms with E-state index in [4.69, 9.17) is 5.73 Å². The van der Waals surface area contributed by atoms with Crippen molar-refractivity contribution < 1.29 is 14.4 Å². The number of nitrogens with two attached hydrogens (primary N) is 1. The number of piperidine rings is 1. The molecule has 3 amide bonds. The van der Waals surface area contributed by atoms with E-state index in [1.54, 1.807) is 4.90 Å². The van der Waals surface area contributed by atoms with Crippen molar-refractivity contribution in [2.24, 2.45) is 5.73 Å². The summed E-state index contributed by atoms with van der Waals surface area (Å²) in [5.41, 5.74) is 4.10. The summed E-state index contributed by atoms with van der Waals surface area (Å²) in [6.07, 6.45) is 6.00. The van der Waals surface area contributed by atoms with Crippen LogP contribution in [0.25, 0.3) is 0 Å². The summed E-state index contributed by atoms with van der Waals surface area (Å²) in [6.45, 7) is 2.08. The molecule has 0 aromatic carbocycles. The molecular formula is C17H26N4O3. The van der Waals surface area contributed by atoms with Crippen LogP contribution in [0, 0.1) is 0 Å². The van der Waals surface area contributed by atoms with Crippen LogP contribution in [-0.2, 0) is 14.4 Å². The lowest BCUT2D eigenvalue weighted by Crippen LogP contribution is -2.70. The third-order valence-electron chi connectivity index (χ3n) is 6.66. The van der Waals surface area contributed by atoms with Gasteiger partial charge in [0.1, 0.15) is 11.1 Å². The van der Waals surface area contributed by atoms with Gasteiger partial charge < -0.3 is 20.9 Å². The van der Waals surface area contributed by atoms with Crippen molar-refractivity contribution in [3.8, 4) is 0 Å². The highest BCUT2D eigenvalue weighted by molar-refractivity contribution is 5.99. The number of carbonyl (C=O) groups is 3. The zero-order chi connectivity index (χ0) is 16.9. The lowest BCUT2D eigenvalue weighted by atomic mass is 9.75. The van der Waals surface area contributed by atoms with Gasteiger partial charge >= 0.3 is 0 Å². The van der Waals surface area contributed by atoms with Gasteiger partial charge in [-0.2, -0.15) is 0 Å². The second-order valence-electron chi connectivity index (χ2n) is 7.73. The lowest BCUT2D eigenvalue weighted by Gasteiger charge is -2.50. The Bertz CT molecular complexity index is 588. The molecule has 24 heavy (non-hydrogen) atoms.